The molecule has 0 aliphatic rings. The first-order chi connectivity index (χ1) is 7.99. The normalized spacial score (nSPS) is 10.6. The number of hydrogen-bond acceptors (Lipinski definition) is 2. The van der Waals surface area contributed by atoms with E-state index in [0.717, 1.165) is 26.0 Å². The van der Waals surface area contributed by atoms with Crippen molar-refractivity contribution in [1.82, 2.24) is 0 Å². The van der Waals surface area contributed by atoms with Gasteiger partial charge in [0, 0.05) is 14.9 Å². The maximum atomic E-state index is 12.3. The lowest BCUT2D eigenvalue weighted by Crippen LogP contribution is -2.00. The maximum Gasteiger partial charge on any atom is 0.203 e. The molecule has 17 heavy (non-hydrogen) atoms. The van der Waals surface area contributed by atoms with Crippen molar-refractivity contribution in [2.75, 3.05) is 0 Å². The van der Waals surface area contributed by atoms with Gasteiger partial charge in [-0.3, -0.25) is 4.79 Å². The highest BCUT2D eigenvalue weighted by Crippen LogP contribution is 2.25. The zero-order valence-corrected chi connectivity index (χ0v) is 12.4. The number of hydrogen-bond donors (Lipinski definition) is 0. The molecule has 0 aliphatic carbocycles. The topological polar surface area (TPSA) is 17.1 Å². The van der Waals surface area contributed by atoms with Crippen LogP contribution in [-0.4, -0.2) is 5.78 Å². The average molecular weight is 309 g/mol. The summed E-state index contributed by atoms with van der Waals surface area (Å²) in [5, 5.41) is 0. The molecular formula is C14H13BrOS. The van der Waals surface area contributed by atoms with Crippen molar-refractivity contribution in [2.24, 2.45) is 0 Å². The molecule has 0 saturated carbocycles. The van der Waals surface area contributed by atoms with Gasteiger partial charge in [0.2, 0.25) is 5.78 Å². The minimum atomic E-state index is 0.121. The van der Waals surface area contributed by atoms with Crippen molar-refractivity contribution < 1.29 is 4.79 Å². The Hall–Kier alpha value is -0.930. The van der Waals surface area contributed by atoms with Gasteiger partial charge in [-0.25, -0.2) is 0 Å². The van der Waals surface area contributed by atoms with Crippen molar-refractivity contribution >= 4 is 33.0 Å². The zero-order chi connectivity index (χ0) is 12.6. The fourth-order valence-electron chi connectivity index (χ4n) is 1.78. The van der Waals surface area contributed by atoms with Gasteiger partial charge in [0.25, 0.3) is 0 Å². The first kappa shape index (κ1) is 12.5. The number of carbonyl (C=O) groups excluding carboxylic acids is 1. The second kappa shape index (κ2) is 4.75. The number of ketones is 1. The molecule has 2 rings (SSSR count). The Bertz CT molecular complexity index is 584. The van der Waals surface area contributed by atoms with Crippen LogP contribution in [0.1, 0.15) is 31.2 Å². The zero-order valence-electron chi connectivity index (χ0n) is 10.0. The summed E-state index contributed by atoms with van der Waals surface area (Å²) in [6, 6.07) is 7.79. The molecule has 0 spiro atoms. The van der Waals surface area contributed by atoms with Crippen molar-refractivity contribution in [3.05, 3.63) is 55.2 Å². The molecule has 2 aromatic rings. The van der Waals surface area contributed by atoms with Crippen molar-refractivity contribution in [3.8, 4) is 0 Å². The van der Waals surface area contributed by atoms with E-state index in [9.17, 15) is 4.79 Å². The van der Waals surface area contributed by atoms with E-state index in [0.29, 0.717) is 0 Å². The van der Waals surface area contributed by atoms with E-state index in [1.807, 2.05) is 39.0 Å². The average Bonchev–Trinajstić information content (AvgIpc) is 2.61. The van der Waals surface area contributed by atoms with Crippen LogP contribution in [0, 0.1) is 20.8 Å². The lowest BCUT2D eigenvalue weighted by molar-refractivity contribution is 0.104. The largest absolute Gasteiger partial charge is 0.288 e. The van der Waals surface area contributed by atoms with Gasteiger partial charge in [-0.05, 0) is 56.2 Å². The molecule has 0 bridgehead atoms. The lowest BCUT2D eigenvalue weighted by Gasteiger charge is -2.03. The van der Waals surface area contributed by atoms with Crippen LogP contribution in [0.25, 0.3) is 0 Å². The highest BCUT2D eigenvalue weighted by Gasteiger charge is 2.15. The van der Waals surface area contributed by atoms with E-state index >= 15 is 0 Å². The fourth-order valence-corrected chi connectivity index (χ4v) is 3.02. The Kier molecular flexibility index (Phi) is 3.50. The van der Waals surface area contributed by atoms with Gasteiger partial charge >= 0.3 is 0 Å². The van der Waals surface area contributed by atoms with Gasteiger partial charge in [-0.2, -0.15) is 0 Å². The van der Waals surface area contributed by atoms with Crippen LogP contribution < -0.4 is 0 Å². The Balaban J connectivity index is 2.44. The molecule has 0 aliphatic heterocycles. The SMILES string of the molecule is Cc1cc(C)c(C(=O)c2ccc(Br)c(C)c2)s1. The predicted octanol–water partition coefficient (Wildman–Crippen LogP) is 4.67. The van der Waals surface area contributed by atoms with Gasteiger partial charge < -0.3 is 0 Å². The minimum Gasteiger partial charge on any atom is -0.288 e. The van der Waals surface area contributed by atoms with Crippen molar-refractivity contribution in [2.45, 2.75) is 20.8 Å². The van der Waals surface area contributed by atoms with Crippen LogP contribution in [0.4, 0.5) is 0 Å². The van der Waals surface area contributed by atoms with Gasteiger partial charge in [0.15, 0.2) is 0 Å². The van der Waals surface area contributed by atoms with Gasteiger partial charge in [0.1, 0.15) is 0 Å². The molecule has 1 aromatic heterocycles. The Labute approximate surface area is 114 Å². The summed E-state index contributed by atoms with van der Waals surface area (Å²) >= 11 is 5.01. The van der Waals surface area contributed by atoms with Crippen LogP contribution in [0.15, 0.2) is 28.7 Å². The molecule has 1 aromatic carbocycles. The van der Waals surface area contributed by atoms with Crippen LogP contribution >= 0.6 is 27.3 Å². The molecule has 88 valence electrons. The van der Waals surface area contributed by atoms with Crippen LogP contribution in [0.3, 0.4) is 0 Å². The van der Waals surface area contributed by atoms with Crippen LogP contribution in [0.2, 0.25) is 0 Å². The summed E-state index contributed by atoms with van der Waals surface area (Å²) in [6.45, 7) is 6.01. The molecule has 0 atom stereocenters. The molecule has 3 heteroatoms. The molecule has 1 heterocycles. The Morgan fingerprint density at radius 3 is 2.35 bits per heavy atom. The number of benzene rings is 1. The molecule has 0 amide bonds. The summed E-state index contributed by atoms with van der Waals surface area (Å²) in [5.41, 5.74) is 2.91. The predicted molar refractivity (Wildman–Crippen MR) is 76.1 cm³/mol. The standard InChI is InChI=1S/C14H13BrOS/c1-8-7-11(4-5-12(8)15)13(16)14-9(2)6-10(3)17-14/h4-7H,1-3H3. The second-order valence-electron chi connectivity index (χ2n) is 4.16. The van der Waals surface area contributed by atoms with Gasteiger partial charge in [-0.1, -0.05) is 15.9 Å². The Morgan fingerprint density at radius 2 is 1.82 bits per heavy atom. The highest BCUT2D eigenvalue weighted by atomic mass is 79.9. The first-order valence-electron chi connectivity index (χ1n) is 5.37. The summed E-state index contributed by atoms with van der Waals surface area (Å²) in [4.78, 5) is 14.4. The van der Waals surface area contributed by atoms with Crippen molar-refractivity contribution in [1.29, 1.82) is 0 Å². The third kappa shape index (κ3) is 2.50. The maximum absolute atomic E-state index is 12.3. The number of rotatable bonds is 2. The number of aryl methyl sites for hydroxylation is 3. The van der Waals surface area contributed by atoms with Gasteiger partial charge in [-0.15, -0.1) is 11.3 Å². The highest BCUT2D eigenvalue weighted by molar-refractivity contribution is 9.10. The van der Waals surface area contributed by atoms with E-state index in [1.54, 1.807) is 11.3 Å². The summed E-state index contributed by atoms with van der Waals surface area (Å²) in [6.07, 6.45) is 0. The molecule has 0 fully saturated rings. The molecule has 1 nitrogen and oxygen atoms in total. The third-order valence-electron chi connectivity index (χ3n) is 2.67. The van der Waals surface area contributed by atoms with E-state index in [1.165, 1.54) is 4.88 Å². The molecule has 0 N–H and O–H groups in total. The minimum absolute atomic E-state index is 0.121. The fraction of sp³-hybridized carbons (Fsp3) is 0.214. The Morgan fingerprint density at radius 1 is 1.12 bits per heavy atom. The summed E-state index contributed by atoms with van der Waals surface area (Å²) in [7, 11) is 0. The van der Waals surface area contributed by atoms with E-state index in [2.05, 4.69) is 22.0 Å². The first-order valence-corrected chi connectivity index (χ1v) is 6.98. The van der Waals surface area contributed by atoms with E-state index < -0.39 is 0 Å². The third-order valence-corrected chi connectivity index (χ3v) is 4.71. The molecular weight excluding hydrogens is 296 g/mol. The van der Waals surface area contributed by atoms with Crippen molar-refractivity contribution in [3.63, 3.8) is 0 Å². The monoisotopic (exact) mass is 308 g/mol. The molecule has 0 radical (unpaired) electrons. The van der Waals surface area contributed by atoms with E-state index in [-0.39, 0.29) is 5.78 Å². The summed E-state index contributed by atoms with van der Waals surface area (Å²) in [5.74, 6) is 0.121. The number of carbonyl (C=O) groups is 1. The van der Waals surface area contributed by atoms with Gasteiger partial charge in [0.05, 0.1) is 4.88 Å². The van der Waals surface area contributed by atoms with E-state index in [4.69, 9.17) is 0 Å². The van der Waals surface area contributed by atoms with Crippen LogP contribution in [0.5, 0.6) is 0 Å². The lowest BCUT2D eigenvalue weighted by atomic mass is 10.1. The molecule has 0 unspecified atom stereocenters. The number of thiophene rings is 1. The number of halogens is 1. The second-order valence-corrected chi connectivity index (χ2v) is 6.27. The summed E-state index contributed by atoms with van der Waals surface area (Å²) < 4.78 is 1.04. The quantitative estimate of drug-likeness (QED) is 0.737. The smallest absolute Gasteiger partial charge is 0.203 e. The van der Waals surface area contributed by atoms with Crippen LogP contribution in [-0.2, 0) is 0 Å². The molecule has 0 saturated heterocycles.